The number of halogens is 1. The summed E-state index contributed by atoms with van der Waals surface area (Å²) >= 11 is 6.08. The zero-order valence-electron chi connectivity index (χ0n) is 11.9. The predicted molar refractivity (Wildman–Crippen MR) is 85.6 cm³/mol. The van der Waals surface area contributed by atoms with Crippen molar-refractivity contribution in [3.63, 3.8) is 0 Å². The number of nitrogens with two attached hydrogens (primary N) is 1. The van der Waals surface area contributed by atoms with E-state index in [2.05, 4.69) is 10.4 Å². The Hall–Kier alpha value is -2.11. The molecule has 0 saturated heterocycles. The maximum atomic E-state index is 12.7. The summed E-state index contributed by atoms with van der Waals surface area (Å²) in [6.45, 7) is 4.41. The van der Waals surface area contributed by atoms with Crippen LogP contribution in [0.5, 0.6) is 0 Å². The Morgan fingerprint density at radius 1 is 1.29 bits per heavy atom. The van der Waals surface area contributed by atoms with Gasteiger partial charge in [-0.05, 0) is 38.1 Å². The summed E-state index contributed by atoms with van der Waals surface area (Å²) in [5, 5.41) is 0.296. The fourth-order valence-corrected chi connectivity index (χ4v) is 2.15. The minimum Gasteiger partial charge on any atom is -0.308 e. The number of anilines is 2. The Labute approximate surface area is 128 Å². The smallest absolute Gasteiger partial charge is 0.278 e. The molecule has 0 fully saturated rings. The average molecular weight is 305 g/mol. The van der Waals surface area contributed by atoms with Crippen LogP contribution in [-0.2, 0) is 0 Å². The maximum Gasteiger partial charge on any atom is 0.278 e. The first kappa shape index (κ1) is 15.3. The normalized spacial score (nSPS) is 10.3. The van der Waals surface area contributed by atoms with E-state index >= 15 is 0 Å². The number of carbonyl (C=O) groups is 1. The van der Waals surface area contributed by atoms with Crippen molar-refractivity contribution < 1.29 is 4.79 Å². The second-order valence-electron chi connectivity index (χ2n) is 4.56. The molecule has 0 aliphatic carbocycles. The highest BCUT2D eigenvalue weighted by Crippen LogP contribution is 2.22. The second-order valence-corrected chi connectivity index (χ2v) is 4.96. The molecule has 1 heterocycles. The summed E-state index contributed by atoms with van der Waals surface area (Å²) in [6, 6.07) is 10.9. The predicted octanol–water partition coefficient (Wildman–Crippen LogP) is 3.00. The van der Waals surface area contributed by atoms with Gasteiger partial charge >= 0.3 is 0 Å². The number of benzene rings is 1. The van der Waals surface area contributed by atoms with Gasteiger partial charge in [0, 0.05) is 12.2 Å². The van der Waals surface area contributed by atoms with Crippen LogP contribution in [0.3, 0.4) is 0 Å². The maximum absolute atomic E-state index is 12.7. The molecule has 5 nitrogen and oxygen atoms in total. The van der Waals surface area contributed by atoms with Gasteiger partial charge in [-0.1, -0.05) is 29.3 Å². The first-order valence-corrected chi connectivity index (χ1v) is 6.96. The monoisotopic (exact) mass is 304 g/mol. The van der Waals surface area contributed by atoms with Gasteiger partial charge in [-0.25, -0.2) is 10.8 Å². The van der Waals surface area contributed by atoms with E-state index in [4.69, 9.17) is 17.4 Å². The fourth-order valence-electron chi connectivity index (χ4n) is 1.97. The van der Waals surface area contributed by atoms with E-state index in [1.165, 1.54) is 0 Å². The molecule has 0 aliphatic rings. The SMILES string of the molecule is CCN(C(=O)c1nc(NN)ccc1Cl)c1ccc(C)cc1. The van der Waals surface area contributed by atoms with Crippen molar-refractivity contribution in [2.45, 2.75) is 13.8 Å². The summed E-state index contributed by atoms with van der Waals surface area (Å²) in [6.07, 6.45) is 0. The van der Waals surface area contributed by atoms with Gasteiger partial charge in [-0.15, -0.1) is 0 Å². The summed E-state index contributed by atoms with van der Waals surface area (Å²) in [5.74, 6) is 5.46. The lowest BCUT2D eigenvalue weighted by atomic mass is 10.2. The minimum atomic E-state index is -0.261. The molecular weight excluding hydrogens is 288 g/mol. The molecule has 1 aromatic heterocycles. The van der Waals surface area contributed by atoms with Gasteiger partial charge in [-0.2, -0.15) is 0 Å². The molecule has 2 aromatic rings. The lowest BCUT2D eigenvalue weighted by molar-refractivity contribution is 0.0984. The number of rotatable bonds is 4. The molecule has 0 atom stereocenters. The van der Waals surface area contributed by atoms with Gasteiger partial charge in [-0.3, -0.25) is 4.79 Å². The number of hydrogen-bond donors (Lipinski definition) is 2. The number of pyridine rings is 1. The average Bonchev–Trinajstić information content (AvgIpc) is 2.50. The van der Waals surface area contributed by atoms with Gasteiger partial charge in [0.15, 0.2) is 0 Å². The van der Waals surface area contributed by atoms with Crippen molar-refractivity contribution >= 4 is 29.0 Å². The number of hydrogen-bond acceptors (Lipinski definition) is 4. The molecule has 1 amide bonds. The van der Waals surface area contributed by atoms with Gasteiger partial charge < -0.3 is 10.3 Å². The largest absolute Gasteiger partial charge is 0.308 e. The molecular formula is C15H17ClN4O. The Morgan fingerprint density at radius 2 is 1.95 bits per heavy atom. The van der Waals surface area contributed by atoms with Crippen LogP contribution in [-0.4, -0.2) is 17.4 Å². The molecule has 1 aromatic carbocycles. The van der Waals surface area contributed by atoms with Crippen LogP contribution in [0.25, 0.3) is 0 Å². The van der Waals surface area contributed by atoms with E-state index in [0.717, 1.165) is 11.3 Å². The highest BCUT2D eigenvalue weighted by molar-refractivity contribution is 6.34. The van der Waals surface area contributed by atoms with Gasteiger partial charge in [0.25, 0.3) is 5.91 Å². The highest BCUT2D eigenvalue weighted by atomic mass is 35.5. The van der Waals surface area contributed by atoms with Crippen LogP contribution in [0, 0.1) is 6.92 Å². The van der Waals surface area contributed by atoms with Crippen molar-refractivity contribution in [1.82, 2.24) is 4.98 Å². The van der Waals surface area contributed by atoms with Crippen LogP contribution >= 0.6 is 11.6 Å². The van der Waals surface area contributed by atoms with Crippen LogP contribution in [0.4, 0.5) is 11.5 Å². The van der Waals surface area contributed by atoms with Gasteiger partial charge in [0.1, 0.15) is 11.5 Å². The number of carbonyl (C=O) groups excluding carboxylic acids is 1. The van der Waals surface area contributed by atoms with Crippen molar-refractivity contribution in [2.24, 2.45) is 5.84 Å². The summed E-state index contributed by atoms with van der Waals surface area (Å²) in [7, 11) is 0. The molecule has 0 aliphatic heterocycles. The van der Waals surface area contributed by atoms with E-state index in [0.29, 0.717) is 17.4 Å². The number of nitrogens with one attached hydrogen (secondary N) is 1. The number of hydrazine groups is 1. The Balaban J connectivity index is 2.38. The number of aromatic nitrogens is 1. The Morgan fingerprint density at radius 3 is 2.52 bits per heavy atom. The van der Waals surface area contributed by atoms with E-state index in [1.54, 1.807) is 17.0 Å². The van der Waals surface area contributed by atoms with Gasteiger partial charge in [0.05, 0.1) is 5.02 Å². The summed E-state index contributed by atoms with van der Waals surface area (Å²) in [4.78, 5) is 18.4. The zero-order chi connectivity index (χ0) is 15.4. The highest BCUT2D eigenvalue weighted by Gasteiger charge is 2.20. The summed E-state index contributed by atoms with van der Waals surface area (Å²) in [5.41, 5.74) is 4.52. The molecule has 0 radical (unpaired) electrons. The van der Waals surface area contributed by atoms with E-state index in [1.807, 2.05) is 38.1 Å². The minimum absolute atomic E-state index is 0.176. The van der Waals surface area contributed by atoms with Crippen molar-refractivity contribution in [2.75, 3.05) is 16.9 Å². The third kappa shape index (κ3) is 3.32. The molecule has 3 N–H and O–H groups in total. The zero-order valence-corrected chi connectivity index (χ0v) is 12.7. The lowest BCUT2D eigenvalue weighted by Crippen LogP contribution is -2.31. The van der Waals surface area contributed by atoms with Crippen LogP contribution in [0.15, 0.2) is 36.4 Å². The molecule has 0 spiro atoms. The molecule has 0 bridgehead atoms. The molecule has 0 saturated carbocycles. The van der Waals surface area contributed by atoms with Crippen LogP contribution < -0.4 is 16.2 Å². The molecule has 6 heteroatoms. The third-order valence-electron chi connectivity index (χ3n) is 3.10. The molecule has 110 valence electrons. The number of amides is 1. The molecule has 2 rings (SSSR count). The Bertz CT molecular complexity index is 643. The first-order chi connectivity index (χ1) is 10.1. The van der Waals surface area contributed by atoms with Crippen molar-refractivity contribution in [3.8, 4) is 0 Å². The molecule has 0 unspecified atom stereocenters. The first-order valence-electron chi connectivity index (χ1n) is 6.58. The van der Waals surface area contributed by atoms with Crippen LogP contribution in [0.2, 0.25) is 5.02 Å². The number of nitrogens with zero attached hydrogens (tertiary/aromatic N) is 2. The van der Waals surface area contributed by atoms with Crippen molar-refractivity contribution in [1.29, 1.82) is 0 Å². The van der Waals surface area contributed by atoms with E-state index in [9.17, 15) is 4.79 Å². The number of nitrogen functional groups attached to an aromatic ring is 1. The lowest BCUT2D eigenvalue weighted by Gasteiger charge is -2.21. The van der Waals surface area contributed by atoms with Crippen LogP contribution in [0.1, 0.15) is 23.0 Å². The second kappa shape index (κ2) is 6.56. The third-order valence-corrected chi connectivity index (χ3v) is 3.41. The quantitative estimate of drug-likeness (QED) is 0.673. The van der Waals surface area contributed by atoms with E-state index in [-0.39, 0.29) is 11.6 Å². The Kier molecular flexibility index (Phi) is 4.77. The standard InChI is InChI=1S/C15H17ClN4O/c1-3-20(11-6-4-10(2)5-7-11)15(21)14-12(16)8-9-13(18-14)19-17/h4-9H,3,17H2,1-2H3,(H,18,19). The topological polar surface area (TPSA) is 71.2 Å². The number of aryl methyl sites for hydroxylation is 1. The van der Waals surface area contributed by atoms with Gasteiger partial charge in [0.2, 0.25) is 0 Å². The summed E-state index contributed by atoms with van der Waals surface area (Å²) < 4.78 is 0. The van der Waals surface area contributed by atoms with E-state index < -0.39 is 0 Å². The fraction of sp³-hybridized carbons (Fsp3) is 0.200. The molecule has 21 heavy (non-hydrogen) atoms. The van der Waals surface area contributed by atoms with Crippen molar-refractivity contribution in [3.05, 3.63) is 52.7 Å².